The summed E-state index contributed by atoms with van der Waals surface area (Å²) in [6, 6.07) is 16.8. The number of fused-ring (bicyclic) bond motifs is 1. The highest BCUT2D eigenvalue weighted by molar-refractivity contribution is 5.81. The molecular weight excluding hydrogens is 329 g/mol. The van der Waals surface area contributed by atoms with Gasteiger partial charge in [-0.3, -0.25) is 4.40 Å². The van der Waals surface area contributed by atoms with Crippen LogP contribution in [0, 0.1) is 12.7 Å². The van der Waals surface area contributed by atoms with Gasteiger partial charge in [0.15, 0.2) is 11.6 Å². The Balaban J connectivity index is 1.96. The fourth-order valence-corrected chi connectivity index (χ4v) is 3.01. The number of rotatable bonds is 4. The average molecular weight is 347 g/mol. The quantitative estimate of drug-likeness (QED) is 0.526. The van der Waals surface area contributed by atoms with Gasteiger partial charge in [0, 0.05) is 23.0 Å². The minimum atomic E-state index is -0.399. The van der Waals surface area contributed by atoms with Crippen molar-refractivity contribution in [3.8, 4) is 28.3 Å². The van der Waals surface area contributed by atoms with Crippen molar-refractivity contribution in [2.45, 2.75) is 13.8 Å². The molecule has 0 aliphatic carbocycles. The molecule has 0 aliphatic rings. The van der Waals surface area contributed by atoms with E-state index >= 15 is 0 Å². The van der Waals surface area contributed by atoms with Gasteiger partial charge in [-0.15, -0.1) is 0 Å². The second-order valence-corrected chi connectivity index (χ2v) is 5.99. The Hall–Kier alpha value is -3.21. The molecule has 2 aromatic carbocycles. The van der Waals surface area contributed by atoms with E-state index < -0.39 is 5.82 Å². The van der Waals surface area contributed by atoms with E-state index in [4.69, 9.17) is 4.74 Å². The number of halogens is 1. The summed E-state index contributed by atoms with van der Waals surface area (Å²) < 4.78 is 21.6. The van der Waals surface area contributed by atoms with Gasteiger partial charge in [-0.2, -0.15) is 0 Å². The lowest BCUT2D eigenvalue weighted by atomic mass is 10.0. The number of ether oxygens (including phenoxy) is 1. The summed E-state index contributed by atoms with van der Waals surface area (Å²) in [6.07, 6.45) is 1.95. The highest BCUT2D eigenvalue weighted by Gasteiger charge is 2.18. The lowest BCUT2D eigenvalue weighted by Crippen LogP contribution is -1.95. The van der Waals surface area contributed by atoms with E-state index in [1.807, 2.05) is 66.9 Å². The number of hydrogen-bond acceptors (Lipinski definition) is 3. The van der Waals surface area contributed by atoms with Gasteiger partial charge in [-0.05, 0) is 38.1 Å². The molecule has 2 aromatic heterocycles. The molecular formula is C21H18FN3O. The minimum absolute atomic E-state index is 0.246. The van der Waals surface area contributed by atoms with Gasteiger partial charge in [-0.25, -0.2) is 14.4 Å². The zero-order valence-corrected chi connectivity index (χ0v) is 14.6. The zero-order chi connectivity index (χ0) is 18.1. The summed E-state index contributed by atoms with van der Waals surface area (Å²) in [5.41, 5.74) is 4.14. The second-order valence-electron chi connectivity index (χ2n) is 5.99. The smallest absolute Gasteiger partial charge is 0.235 e. The molecule has 130 valence electrons. The molecule has 26 heavy (non-hydrogen) atoms. The van der Waals surface area contributed by atoms with Crippen LogP contribution in [0.2, 0.25) is 0 Å². The van der Waals surface area contributed by atoms with Crippen molar-refractivity contribution < 1.29 is 9.13 Å². The van der Waals surface area contributed by atoms with Crippen molar-refractivity contribution in [3.05, 3.63) is 72.3 Å². The molecule has 0 fully saturated rings. The topological polar surface area (TPSA) is 39.4 Å². The van der Waals surface area contributed by atoms with Gasteiger partial charge in [-0.1, -0.05) is 30.3 Å². The molecule has 0 spiro atoms. The number of aromatic nitrogens is 3. The molecule has 0 amide bonds. The minimum Gasteiger partial charge on any atom is -0.491 e. The van der Waals surface area contributed by atoms with Crippen LogP contribution in [0.3, 0.4) is 0 Å². The van der Waals surface area contributed by atoms with Crippen LogP contribution >= 0.6 is 0 Å². The third kappa shape index (κ3) is 2.81. The molecule has 0 bridgehead atoms. The summed E-state index contributed by atoms with van der Waals surface area (Å²) in [6.45, 7) is 4.17. The fourth-order valence-electron chi connectivity index (χ4n) is 3.01. The normalized spacial score (nSPS) is 11.0. The molecule has 0 saturated heterocycles. The predicted octanol–water partition coefficient (Wildman–Crippen LogP) is 4.91. The molecule has 0 atom stereocenters. The van der Waals surface area contributed by atoms with Gasteiger partial charge in [0.05, 0.1) is 18.0 Å². The Kier molecular flexibility index (Phi) is 4.13. The van der Waals surface area contributed by atoms with E-state index in [1.54, 1.807) is 6.07 Å². The second kappa shape index (κ2) is 6.59. The third-order valence-corrected chi connectivity index (χ3v) is 4.19. The fraction of sp³-hybridized carbons (Fsp3) is 0.143. The summed E-state index contributed by atoms with van der Waals surface area (Å²) in [5.74, 6) is 0.438. The maximum atomic E-state index is 14.4. The first-order valence-corrected chi connectivity index (χ1v) is 8.51. The average Bonchev–Trinajstić information content (AvgIpc) is 3.02. The van der Waals surface area contributed by atoms with Gasteiger partial charge < -0.3 is 4.74 Å². The van der Waals surface area contributed by atoms with E-state index in [0.717, 1.165) is 17.0 Å². The molecule has 2 heterocycles. The first kappa shape index (κ1) is 16.3. The summed E-state index contributed by atoms with van der Waals surface area (Å²) in [5, 5.41) is 0. The van der Waals surface area contributed by atoms with Crippen molar-refractivity contribution in [2.75, 3.05) is 6.61 Å². The summed E-state index contributed by atoms with van der Waals surface area (Å²) in [7, 11) is 0. The van der Waals surface area contributed by atoms with Crippen LogP contribution in [0.5, 0.6) is 5.75 Å². The van der Waals surface area contributed by atoms with Gasteiger partial charge in [0.2, 0.25) is 5.78 Å². The largest absolute Gasteiger partial charge is 0.491 e. The first-order valence-electron chi connectivity index (χ1n) is 8.51. The Morgan fingerprint density at radius 2 is 1.81 bits per heavy atom. The molecule has 0 radical (unpaired) electrons. The Bertz CT molecular complexity index is 1070. The molecule has 5 heteroatoms. The van der Waals surface area contributed by atoms with Crippen LogP contribution in [-0.2, 0) is 0 Å². The van der Waals surface area contributed by atoms with Gasteiger partial charge in [0.1, 0.15) is 0 Å². The third-order valence-electron chi connectivity index (χ3n) is 4.19. The van der Waals surface area contributed by atoms with Crippen molar-refractivity contribution in [1.29, 1.82) is 0 Å². The van der Waals surface area contributed by atoms with Crippen LogP contribution in [-0.4, -0.2) is 21.0 Å². The lowest BCUT2D eigenvalue weighted by Gasteiger charge is -2.08. The van der Waals surface area contributed by atoms with Crippen LogP contribution in [0.25, 0.3) is 28.3 Å². The van der Waals surface area contributed by atoms with E-state index in [9.17, 15) is 4.39 Å². The monoisotopic (exact) mass is 347 g/mol. The number of hydrogen-bond donors (Lipinski definition) is 0. The van der Waals surface area contributed by atoms with Crippen LogP contribution in [0.4, 0.5) is 4.39 Å². The zero-order valence-electron chi connectivity index (χ0n) is 14.6. The number of benzene rings is 2. The van der Waals surface area contributed by atoms with Gasteiger partial charge >= 0.3 is 0 Å². The molecule has 0 N–H and O–H groups in total. The Morgan fingerprint density at radius 1 is 1.00 bits per heavy atom. The van der Waals surface area contributed by atoms with Crippen molar-refractivity contribution in [3.63, 3.8) is 0 Å². The van der Waals surface area contributed by atoms with E-state index in [1.165, 1.54) is 6.07 Å². The highest BCUT2D eigenvalue weighted by Crippen LogP contribution is 2.34. The molecule has 4 rings (SSSR count). The number of nitrogens with zero attached hydrogens (tertiary/aromatic N) is 3. The summed E-state index contributed by atoms with van der Waals surface area (Å²) >= 11 is 0. The van der Waals surface area contributed by atoms with Crippen molar-refractivity contribution in [1.82, 2.24) is 14.4 Å². The molecule has 0 aliphatic heterocycles. The number of aryl methyl sites for hydroxylation is 1. The first-order chi connectivity index (χ1) is 12.7. The van der Waals surface area contributed by atoms with Gasteiger partial charge in [0.25, 0.3) is 0 Å². The number of imidazole rings is 1. The van der Waals surface area contributed by atoms with Crippen LogP contribution in [0.15, 0.2) is 60.8 Å². The van der Waals surface area contributed by atoms with Crippen molar-refractivity contribution >= 4 is 5.78 Å². The summed E-state index contributed by atoms with van der Waals surface area (Å²) in [4.78, 5) is 9.19. The molecule has 0 saturated carbocycles. The highest BCUT2D eigenvalue weighted by atomic mass is 19.1. The standard InChI is InChI=1S/C21H18FN3O/c1-3-26-18-10-9-16(13-17(18)22)19-20(15-7-5-4-6-8-15)25-12-11-14(2)23-21(25)24-19/h4-13H,3H2,1-2H3. The Labute approximate surface area is 150 Å². The molecule has 4 nitrogen and oxygen atoms in total. The van der Waals surface area contributed by atoms with Crippen LogP contribution < -0.4 is 4.74 Å². The molecule has 0 unspecified atom stereocenters. The maximum absolute atomic E-state index is 14.4. The van der Waals surface area contributed by atoms with E-state index in [2.05, 4.69) is 9.97 Å². The molecule has 4 aromatic rings. The van der Waals surface area contributed by atoms with Crippen LogP contribution in [0.1, 0.15) is 12.6 Å². The van der Waals surface area contributed by atoms with E-state index in [-0.39, 0.29) is 5.75 Å². The lowest BCUT2D eigenvalue weighted by molar-refractivity contribution is 0.321. The maximum Gasteiger partial charge on any atom is 0.235 e. The predicted molar refractivity (Wildman–Crippen MR) is 99.7 cm³/mol. The van der Waals surface area contributed by atoms with Crippen molar-refractivity contribution in [2.24, 2.45) is 0 Å². The Morgan fingerprint density at radius 3 is 2.54 bits per heavy atom. The SMILES string of the molecule is CCOc1ccc(-c2nc3nc(C)ccn3c2-c2ccccc2)cc1F. The van der Waals surface area contributed by atoms with E-state index in [0.29, 0.717) is 23.6 Å².